The van der Waals surface area contributed by atoms with E-state index in [2.05, 4.69) is 10.3 Å². The largest absolute Gasteiger partial charge is 0.465 e. The van der Waals surface area contributed by atoms with Crippen molar-refractivity contribution in [2.24, 2.45) is 0 Å². The zero-order chi connectivity index (χ0) is 17.1. The summed E-state index contributed by atoms with van der Waals surface area (Å²) in [6, 6.07) is 6.31. The van der Waals surface area contributed by atoms with E-state index in [1.807, 2.05) is 6.08 Å². The first kappa shape index (κ1) is 16.1. The highest BCUT2D eigenvalue weighted by molar-refractivity contribution is 5.70. The molecule has 1 aliphatic rings. The first-order chi connectivity index (χ1) is 11.6. The molecule has 1 amide bonds. The number of carboxylic acid groups (broad SMARTS) is 1. The van der Waals surface area contributed by atoms with Crippen LogP contribution in [0.5, 0.6) is 0 Å². The van der Waals surface area contributed by atoms with E-state index in [4.69, 9.17) is 9.84 Å². The van der Waals surface area contributed by atoms with E-state index in [0.29, 0.717) is 36.6 Å². The maximum Gasteiger partial charge on any atom is 0.407 e. The van der Waals surface area contributed by atoms with E-state index in [1.54, 1.807) is 25.3 Å². The lowest BCUT2D eigenvalue weighted by Gasteiger charge is -2.23. The van der Waals surface area contributed by atoms with E-state index in [0.717, 1.165) is 5.57 Å². The lowest BCUT2D eigenvalue weighted by molar-refractivity contribution is 0.150. The molecule has 0 fully saturated rings. The van der Waals surface area contributed by atoms with Gasteiger partial charge in [0, 0.05) is 20.2 Å². The summed E-state index contributed by atoms with van der Waals surface area (Å²) in [5.74, 6) is -0.402. The van der Waals surface area contributed by atoms with Crippen molar-refractivity contribution in [1.29, 1.82) is 0 Å². The second kappa shape index (κ2) is 6.79. The van der Waals surface area contributed by atoms with Gasteiger partial charge in [-0.3, -0.25) is 0 Å². The number of carbonyl (C=O) groups is 1. The van der Waals surface area contributed by atoms with E-state index in [1.165, 1.54) is 15.6 Å². The molecule has 3 rings (SSSR count). The van der Waals surface area contributed by atoms with E-state index < -0.39 is 11.9 Å². The van der Waals surface area contributed by atoms with Gasteiger partial charge in [-0.15, -0.1) is 5.10 Å². The highest BCUT2D eigenvalue weighted by Gasteiger charge is 2.23. The quantitative estimate of drug-likeness (QED) is 0.929. The van der Waals surface area contributed by atoms with Gasteiger partial charge in [0.15, 0.2) is 0 Å². The van der Waals surface area contributed by atoms with Crippen LogP contribution >= 0.6 is 0 Å². The van der Waals surface area contributed by atoms with Crippen molar-refractivity contribution in [3.05, 3.63) is 47.5 Å². The van der Waals surface area contributed by atoms with Gasteiger partial charge < -0.3 is 14.7 Å². The summed E-state index contributed by atoms with van der Waals surface area (Å²) >= 11 is 0. The molecule has 1 aliphatic heterocycles. The Balaban J connectivity index is 1.98. The lowest BCUT2D eigenvalue weighted by atomic mass is 10.0. The zero-order valence-electron chi connectivity index (χ0n) is 13.1. The number of hydrogen-bond donors (Lipinski definition) is 1. The summed E-state index contributed by atoms with van der Waals surface area (Å²) in [6.07, 6.45) is 1.39. The number of rotatable bonds is 4. The predicted octanol–water partition coefficient (Wildman–Crippen LogP) is 2.32. The van der Waals surface area contributed by atoms with Gasteiger partial charge in [-0.2, -0.15) is 0 Å². The van der Waals surface area contributed by atoms with Crippen molar-refractivity contribution < 1.29 is 19.0 Å². The average Bonchev–Trinajstić information content (AvgIpc) is 2.99. The SMILES string of the molecule is COCc1c(C2=CCN(C(=O)O)CC2)nnn1-c1ccccc1F. The van der Waals surface area contributed by atoms with Gasteiger partial charge >= 0.3 is 6.09 Å². The van der Waals surface area contributed by atoms with Crippen LogP contribution < -0.4 is 0 Å². The summed E-state index contributed by atoms with van der Waals surface area (Å²) in [5, 5.41) is 17.3. The molecule has 0 radical (unpaired) electrons. The molecule has 1 N–H and O–H groups in total. The van der Waals surface area contributed by atoms with Crippen LogP contribution in [-0.2, 0) is 11.3 Å². The fraction of sp³-hybridized carbons (Fsp3) is 0.312. The Hall–Kier alpha value is -2.74. The monoisotopic (exact) mass is 332 g/mol. The third-order valence-corrected chi connectivity index (χ3v) is 3.91. The molecule has 126 valence electrons. The van der Waals surface area contributed by atoms with Crippen LogP contribution in [0, 0.1) is 5.82 Å². The predicted molar refractivity (Wildman–Crippen MR) is 84.2 cm³/mol. The number of hydrogen-bond acceptors (Lipinski definition) is 4. The molecule has 2 heterocycles. The van der Waals surface area contributed by atoms with Gasteiger partial charge in [0.1, 0.15) is 17.2 Å². The normalized spacial score (nSPS) is 14.6. The number of halogens is 1. The first-order valence-corrected chi connectivity index (χ1v) is 7.47. The second-order valence-electron chi connectivity index (χ2n) is 5.39. The molecule has 0 aliphatic carbocycles. The van der Waals surface area contributed by atoms with Gasteiger partial charge in [-0.1, -0.05) is 23.4 Å². The summed E-state index contributed by atoms with van der Waals surface area (Å²) < 4.78 is 20.7. The Morgan fingerprint density at radius 3 is 2.83 bits per heavy atom. The van der Waals surface area contributed by atoms with E-state index in [9.17, 15) is 9.18 Å². The Morgan fingerprint density at radius 1 is 1.42 bits per heavy atom. The number of methoxy groups -OCH3 is 1. The van der Waals surface area contributed by atoms with Crippen LogP contribution in [0.25, 0.3) is 11.3 Å². The molecular weight excluding hydrogens is 315 g/mol. The van der Waals surface area contributed by atoms with Crippen LogP contribution in [-0.4, -0.2) is 51.3 Å². The smallest absolute Gasteiger partial charge is 0.407 e. The maximum atomic E-state index is 14.1. The molecule has 7 nitrogen and oxygen atoms in total. The molecule has 1 aromatic heterocycles. The van der Waals surface area contributed by atoms with Crippen LogP contribution in [0.2, 0.25) is 0 Å². The fourth-order valence-electron chi connectivity index (χ4n) is 2.69. The summed E-state index contributed by atoms with van der Waals surface area (Å²) in [7, 11) is 1.55. The van der Waals surface area contributed by atoms with Crippen molar-refractivity contribution in [1.82, 2.24) is 19.9 Å². The second-order valence-corrected chi connectivity index (χ2v) is 5.39. The minimum absolute atomic E-state index is 0.219. The van der Waals surface area contributed by atoms with Crippen molar-refractivity contribution in [3.63, 3.8) is 0 Å². The molecule has 0 saturated carbocycles. The van der Waals surface area contributed by atoms with Crippen molar-refractivity contribution in [2.45, 2.75) is 13.0 Å². The minimum atomic E-state index is -0.947. The molecular formula is C16H17FN4O3. The molecule has 1 aromatic carbocycles. The number of para-hydroxylation sites is 1. The highest BCUT2D eigenvalue weighted by Crippen LogP contribution is 2.26. The standard InChI is InChI=1S/C16H17FN4O3/c1-24-10-14-15(11-6-8-20(9-7-11)16(22)23)18-19-21(14)13-5-3-2-4-12(13)17/h2-6H,7-10H2,1H3,(H,22,23). The molecule has 24 heavy (non-hydrogen) atoms. The van der Waals surface area contributed by atoms with Crippen molar-refractivity contribution in [2.75, 3.05) is 20.2 Å². The van der Waals surface area contributed by atoms with Gasteiger partial charge in [-0.25, -0.2) is 13.9 Å². The van der Waals surface area contributed by atoms with E-state index >= 15 is 0 Å². The number of benzene rings is 1. The lowest BCUT2D eigenvalue weighted by Crippen LogP contribution is -2.33. The Bertz CT molecular complexity index is 787. The topological polar surface area (TPSA) is 80.5 Å². The van der Waals surface area contributed by atoms with Crippen LogP contribution in [0.15, 0.2) is 30.3 Å². The van der Waals surface area contributed by atoms with Gasteiger partial charge in [0.2, 0.25) is 0 Å². The highest BCUT2D eigenvalue weighted by atomic mass is 19.1. The molecule has 2 aromatic rings. The summed E-state index contributed by atoms with van der Waals surface area (Å²) in [4.78, 5) is 12.3. The van der Waals surface area contributed by atoms with Crippen LogP contribution in [0.4, 0.5) is 9.18 Å². The van der Waals surface area contributed by atoms with Crippen molar-refractivity contribution >= 4 is 11.7 Å². The molecule has 0 unspecified atom stereocenters. The number of ether oxygens (including phenoxy) is 1. The number of amides is 1. The fourth-order valence-corrected chi connectivity index (χ4v) is 2.69. The first-order valence-electron chi connectivity index (χ1n) is 7.47. The summed E-state index contributed by atoms with van der Waals surface area (Å²) in [5.41, 5.74) is 2.44. The molecule has 0 atom stereocenters. The molecule has 0 spiro atoms. The van der Waals surface area contributed by atoms with Gasteiger partial charge in [0.25, 0.3) is 0 Å². The zero-order valence-corrected chi connectivity index (χ0v) is 13.1. The number of aromatic nitrogens is 3. The molecule has 0 saturated heterocycles. The number of nitrogens with zero attached hydrogens (tertiary/aromatic N) is 4. The third-order valence-electron chi connectivity index (χ3n) is 3.91. The Morgan fingerprint density at radius 2 is 2.21 bits per heavy atom. The van der Waals surface area contributed by atoms with E-state index in [-0.39, 0.29) is 6.61 Å². The van der Waals surface area contributed by atoms with Gasteiger partial charge in [0.05, 0.1) is 12.3 Å². The maximum absolute atomic E-state index is 14.1. The Kier molecular flexibility index (Phi) is 4.57. The average molecular weight is 332 g/mol. The minimum Gasteiger partial charge on any atom is -0.465 e. The Labute approximate surface area is 138 Å². The summed E-state index contributed by atoms with van der Waals surface area (Å²) in [6.45, 7) is 0.903. The third kappa shape index (κ3) is 3.00. The van der Waals surface area contributed by atoms with Crippen LogP contribution in [0.3, 0.4) is 0 Å². The molecule has 0 bridgehead atoms. The van der Waals surface area contributed by atoms with Crippen molar-refractivity contribution in [3.8, 4) is 5.69 Å². The van der Waals surface area contributed by atoms with Crippen LogP contribution in [0.1, 0.15) is 17.8 Å². The molecule has 8 heteroatoms. The van der Waals surface area contributed by atoms with Gasteiger partial charge in [-0.05, 0) is 24.1 Å².